The number of aromatic nitrogens is 5. The number of benzene rings is 2. The van der Waals surface area contributed by atoms with Gasteiger partial charge in [0.15, 0.2) is 5.69 Å². The summed E-state index contributed by atoms with van der Waals surface area (Å²) in [6, 6.07) is 12.3. The Bertz CT molecular complexity index is 1250. The van der Waals surface area contributed by atoms with Gasteiger partial charge in [0.1, 0.15) is 11.6 Å². The minimum atomic E-state index is -0.411. The van der Waals surface area contributed by atoms with Crippen molar-refractivity contribution in [2.45, 2.75) is 5.16 Å². The largest absolute Gasteiger partial charge is 0.497 e. The average molecular weight is 426 g/mol. The molecule has 0 spiro atoms. The van der Waals surface area contributed by atoms with E-state index in [1.807, 2.05) is 0 Å². The lowest BCUT2D eigenvalue weighted by Crippen LogP contribution is -2.16. The molecule has 0 unspecified atom stereocenters. The molecule has 4 rings (SSSR count). The zero-order valence-corrected chi connectivity index (χ0v) is 16.4. The van der Waals surface area contributed by atoms with Gasteiger partial charge in [0.2, 0.25) is 11.1 Å². The van der Waals surface area contributed by atoms with Gasteiger partial charge in [-0.2, -0.15) is 9.61 Å². The number of hydrogen-bond donors (Lipinski definition) is 2. The van der Waals surface area contributed by atoms with E-state index >= 15 is 0 Å². The number of methoxy groups -OCH3 is 1. The highest BCUT2D eigenvalue weighted by molar-refractivity contribution is 7.99. The van der Waals surface area contributed by atoms with Crippen LogP contribution in [-0.2, 0) is 4.79 Å². The van der Waals surface area contributed by atoms with E-state index in [1.165, 1.54) is 28.8 Å². The van der Waals surface area contributed by atoms with E-state index in [4.69, 9.17) is 4.74 Å². The predicted octanol–water partition coefficient (Wildman–Crippen LogP) is 2.36. The number of amides is 1. The Morgan fingerprint density at radius 2 is 1.90 bits per heavy atom. The number of aromatic amines is 1. The van der Waals surface area contributed by atoms with Crippen molar-refractivity contribution in [2.75, 3.05) is 18.2 Å². The summed E-state index contributed by atoms with van der Waals surface area (Å²) in [6.07, 6.45) is 0. The van der Waals surface area contributed by atoms with Crippen LogP contribution in [0.1, 0.15) is 0 Å². The fourth-order valence-electron chi connectivity index (χ4n) is 2.63. The molecule has 30 heavy (non-hydrogen) atoms. The van der Waals surface area contributed by atoms with Crippen LogP contribution in [0.15, 0.2) is 58.5 Å². The first-order valence-corrected chi connectivity index (χ1v) is 9.70. The standard InChI is InChI=1S/C19H15FN6O3S/c1-29-14-8-2-11(3-9-14)16-17(28)22-18-23-24-19(26(18)25-16)30-10-15(27)21-13-6-4-12(20)5-7-13/h2-9H,10H2,1H3,(H,21,27)(H,22,23,28). The number of thioether (sulfide) groups is 1. The summed E-state index contributed by atoms with van der Waals surface area (Å²) in [5, 5.41) is 15.2. The molecule has 0 fully saturated rings. The maximum absolute atomic E-state index is 13.0. The van der Waals surface area contributed by atoms with Gasteiger partial charge < -0.3 is 10.1 Å². The van der Waals surface area contributed by atoms with Crippen LogP contribution in [0, 0.1) is 5.82 Å². The third-order valence-electron chi connectivity index (χ3n) is 4.08. The van der Waals surface area contributed by atoms with Crippen molar-refractivity contribution >= 4 is 29.1 Å². The van der Waals surface area contributed by atoms with E-state index in [9.17, 15) is 14.0 Å². The van der Waals surface area contributed by atoms with Gasteiger partial charge in [-0.1, -0.05) is 11.8 Å². The highest BCUT2D eigenvalue weighted by Gasteiger charge is 2.15. The summed E-state index contributed by atoms with van der Waals surface area (Å²) in [7, 11) is 1.55. The van der Waals surface area contributed by atoms with Crippen LogP contribution in [0.4, 0.5) is 10.1 Å². The first-order chi connectivity index (χ1) is 14.5. The molecule has 2 aromatic heterocycles. The first kappa shape index (κ1) is 19.6. The molecule has 0 aliphatic heterocycles. The summed E-state index contributed by atoms with van der Waals surface area (Å²) in [4.78, 5) is 27.2. The van der Waals surface area contributed by atoms with Gasteiger partial charge in [-0.3, -0.25) is 14.6 Å². The van der Waals surface area contributed by atoms with Gasteiger partial charge in [-0.25, -0.2) is 4.39 Å². The van der Waals surface area contributed by atoms with Gasteiger partial charge in [0.05, 0.1) is 12.9 Å². The van der Waals surface area contributed by atoms with E-state index < -0.39 is 5.56 Å². The first-order valence-electron chi connectivity index (χ1n) is 8.72. The monoisotopic (exact) mass is 426 g/mol. The minimum Gasteiger partial charge on any atom is -0.497 e. The maximum Gasteiger partial charge on any atom is 0.279 e. The number of halogens is 1. The number of H-pyrrole nitrogens is 1. The third-order valence-corrected chi connectivity index (χ3v) is 5.00. The molecule has 11 heteroatoms. The Labute approximate surface area is 173 Å². The fourth-order valence-corrected chi connectivity index (χ4v) is 3.31. The molecule has 0 saturated heterocycles. The van der Waals surface area contributed by atoms with Crippen molar-refractivity contribution in [1.82, 2.24) is 24.8 Å². The van der Waals surface area contributed by atoms with E-state index in [0.29, 0.717) is 22.2 Å². The summed E-state index contributed by atoms with van der Waals surface area (Å²) in [5.41, 5.74) is 0.850. The smallest absolute Gasteiger partial charge is 0.279 e. The Balaban J connectivity index is 1.53. The molecule has 2 aromatic carbocycles. The number of nitrogens with one attached hydrogen (secondary N) is 2. The zero-order valence-electron chi connectivity index (χ0n) is 15.6. The van der Waals surface area contributed by atoms with Crippen molar-refractivity contribution in [3.8, 4) is 17.0 Å². The van der Waals surface area contributed by atoms with Crippen LogP contribution >= 0.6 is 11.8 Å². The predicted molar refractivity (Wildman–Crippen MR) is 109 cm³/mol. The van der Waals surface area contributed by atoms with Crippen molar-refractivity contribution < 1.29 is 13.9 Å². The molecule has 0 aliphatic carbocycles. The van der Waals surface area contributed by atoms with Crippen LogP contribution in [0.2, 0.25) is 0 Å². The molecular weight excluding hydrogens is 411 g/mol. The quantitative estimate of drug-likeness (QED) is 0.455. The second-order valence-corrected chi connectivity index (χ2v) is 7.04. The Morgan fingerprint density at radius 1 is 1.17 bits per heavy atom. The van der Waals surface area contributed by atoms with Gasteiger partial charge >= 0.3 is 0 Å². The number of rotatable bonds is 6. The van der Waals surface area contributed by atoms with E-state index in [2.05, 4.69) is 25.6 Å². The molecule has 9 nitrogen and oxygen atoms in total. The Kier molecular flexibility index (Phi) is 5.44. The lowest BCUT2D eigenvalue weighted by Gasteiger charge is -2.05. The van der Waals surface area contributed by atoms with E-state index in [1.54, 1.807) is 31.4 Å². The molecule has 2 N–H and O–H groups in total. The Hall–Kier alpha value is -3.73. The number of nitrogens with zero attached hydrogens (tertiary/aromatic N) is 4. The van der Waals surface area contributed by atoms with Crippen LogP contribution in [0.25, 0.3) is 17.0 Å². The number of carbonyl (C=O) groups is 1. The number of carbonyl (C=O) groups excluding carboxylic acids is 1. The number of hydrogen-bond acceptors (Lipinski definition) is 7. The maximum atomic E-state index is 13.0. The Morgan fingerprint density at radius 3 is 2.60 bits per heavy atom. The molecular formula is C19H15FN6O3S. The van der Waals surface area contributed by atoms with Crippen molar-refractivity contribution in [3.05, 3.63) is 64.7 Å². The topological polar surface area (TPSA) is 114 Å². The van der Waals surface area contributed by atoms with E-state index in [0.717, 1.165) is 11.8 Å². The van der Waals surface area contributed by atoms with Gasteiger partial charge in [-0.05, 0) is 48.5 Å². The van der Waals surface area contributed by atoms with Gasteiger partial charge in [0.25, 0.3) is 11.3 Å². The van der Waals surface area contributed by atoms with Crippen LogP contribution in [0.3, 0.4) is 0 Å². The van der Waals surface area contributed by atoms with Gasteiger partial charge in [-0.15, -0.1) is 10.2 Å². The second kappa shape index (κ2) is 8.33. The van der Waals surface area contributed by atoms with Crippen LogP contribution in [-0.4, -0.2) is 43.6 Å². The van der Waals surface area contributed by atoms with Crippen molar-refractivity contribution in [3.63, 3.8) is 0 Å². The number of ether oxygens (including phenoxy) is 1. The number of fused-ring (bicyclic) bond motifs is 1. The summed E-state index contributed by atoms with van der Waals surface area (Å²) in [5.74, 6) is 0.160. The van der Waals surface area contributed by atoms with Crippen LogP contribution < -0.4 is 15.6 Å². The molecule has 0 bridgehead atoms. The van der Waals surface area contributed by atoms with E-state index in [-0.39, 0.29) is 28.9 Å². The molecule has 0 radical (unpaired) electrons. The molecule has 0 atom stereocenters. The minimum absolute atomic E-state index is 0.0246. The van der Waals surface area contributed by atoms with Crippen molar-refractivity contribution in [1.29, 1.82) is 0 Å². The lowest BCUT2D eigenvalue weighted by atomic mass is 10.1. The molecule has 0 saturated carbocycles. The third kappa shape index (κ3) is 4.15. The van der Waals surface area contributed by atoms with Gasteiger partial charge in [0, 0.05) is 11.3 Å². The highest BCUT2D eigenvalue weighted by Crippen LogP contribution is 2.20. The summed E-state index contributed by atoms with van der Waals surface area (Å²) in [6.45, 7) is 0. The summed E-state index contributed by atoms with van der Waals surface area (Å²) >= 11 is 1.10. The highest BCUT2D eigenvalue weighted by atomic mass is 32.2. The molecule has 2 heterocycles. The fraction of sp³-hybridized carbons (Fsp3) is 0.105. The molecule has 0 aliphatic rings. The molecule has 4 aromatic rings. The lowest BCUT2D eigenvalue weighted by molar-refractivity contribution is -0.113. The molecule has 152 valence electrons. The second-order valence-electron chi connectivity index (χ2n) is 6.09. The normalized spacial score (nSPS) is 10.9. The SMILES string of the molecule is COc1ccc(-c2nn3c(SCC(=O)Nc4ccc(F)cc4)nnc3[nH]c2=O)cc1. The average Bonchev–Trinajstić information content (AvgIpc) is 3.15. The van der Waals surface area contributed by atoms with Crippen LogP contribution in [0.5, 0.6) is 5.75 Å². The van der Waals surface area contributed by atoms with Crippen molar-refractivity contribution in [2.24, 2.45) is 0 Å². The zero-order chi connectivity index (χ0) is 21.1. The molecule has 1 amide bonds. The summed E-state index contributed by atoms with van der Waals surface area (Å²) < 4.78 is 19.5. The number of anilines is 1.